The maximum atomic E-state index is 12.3. The lowest BCUT2D eigenvalue weighted by atomic mass is 10.1. The van der Waals surface area contributed by atoms with E-state index in [2.05, 4.69) is 0 Å². The Morgan fingerprint density at radius 2 is 1.93 bits per heavy atom. The average molecular weight is 378 g/mol. The lowest BCUT2D eigenvalue weighted by Gasteiger charge is -2.33. The normalized spacial score (nSPS) is 15.5. The average Bonchev–Trinajstić information content (AvgIpc) is 2.60. The molecular weight excluding hydrogens is 348 g/mol. The van der Waals surface area contributed by atoms with Crippen molar-refractivity contribution in [2.75, 3.05) is 33.3 Å². The highest BCUT2D eigenvalue weighted by Gasteiger charge is 2.27. The SMILES string of the molecule is CN(CCOC1CCN(C(=O)OC(C)(C)C)CC1)C(=O)c1cccc(O)c1. The van der Waals surface area contributed by atoms with Crippen LogP contribution in [-0.4, -0.2) is 71.9 Å². The molecular formula is C20H30N2O5. The molecule has 7 heteroatoms. The van der Waals surface area contributed by atoms with E-state index in [1.54, 1.807) is 29.0 Å². The Morgan fingerprint density at radius 1 is 1.26 bits per heavy atom. The Labute approximate surface area is 160 Å². The van der Waals surface area contributed by atoms with Gasteiger partial charge < -0.3 is 24.4 Å². The Bertz CT molecular complexity index is 648. The van der Waals surface area contributed by atoms with E-state index in [0.717, 1.165) is 12.8 Å². The monoisotopic (exact) mass is 378 g/mol. The molecule has 0 atom stereocenters. The van der Waals surface area contributed by atoms with Crippen LogP contribution in [0.3, 0.4) is 0 Å². The van der Waals surface area contributed by atoms with Crippen molar-refractivity contribution in [3.05, 3.63) is 29.8 Å². The minimum absolute atomic E-state index is 0.0715. The molecule has 2 rings (SSSR count). The smallest absolute Gasteiger partial charge is 0.410 e. The van der Waals surface area contributed by atoms with Crippen LogP contribution < -0.4 is 0 Å². The highest BCUT2D eigenvalue weighted by Crippen LogP contribution is 2.17. The fourth-order valence-electron chi connectivity index (χ4n) is 2.85. The number of phenols is 1. The number of hydrogen-bond donors (Lipinski definition) is 1. The molecule has 0 aromatic heterocycles. The number of rotatable bonds is 5. The summed E-state index contributed by atoms with van der Waals surface area (Å²) in [5, 5.41) is 9.48. The zero-order valence-electron chi connectivity index (χ0n) is 16.6. The number of aromatic hydroxyl groups is 1. The van der Waals surface area contributed by atoms with E-state index in [9.17, 15) is 14.7 Å². The number of hydrogen-bond acceptors (Lipinski definition) is 5. The first kappa shape index (κ1) is 21.0. The molecule has 27 heavy (non-hydrogen) atoms. The van der Waals surface area contributed by atoms with Gasteiger partial charge in [-0.3, -0.25) is 4.79 Å². The molecule has 0 aliphatic carbocycles. The third-order valence-electron chi connectivity index (χ3n) is 4.31. The van der Waals surface area contributed by atoms with Gasteiger partial charge in [-0.25, -0.2) is 4.79 Å². The number of nitrogens with zero attached hydrogens (tertiary/aromatic N) is 2. The van der Waals surface area contributed by atoms with Gasteiger partial charge in [-0.15, -0.1) is 0 Å². The minimum atomic E-state index is -0.489. The van der Waals surface area contributed by atoms with Crippen LogP contribution in [0.4, 0.5) is 4.79 Å². The summed E-state index contributed by atoms with van der Waals surface area (Å²) in [5.41, 5.74) is -0.0416. The maximum Gasteiger partial charge on any atom is 0.410 e. The van der Waals surface area contributed by atoms with Gasteiger partial charge in [0, 0.05) is 32.2 Å². The summed E-state index contributed by atoms with van der Waals surface area (Å²) in [7, 11) is 1.71. The van der Waals surface area contributed by atoms with E-state index >= 15 is 0 Å². The molecule has 0 radical (unpaired) electrons. The Morgan fingerprint density at radius 3 is 2.52 bits per heavy atom. The van der Waals surface area contributed by atoms with Gasteiger partial charge in [0.05, 0.1) is 12.7 Å². The zero-order valence-corrected chi connectivity index (χ0v) is 16.6. The van der Waals surface area contributed by atoms with Crippen molar-refractivity contribution < 1.29 is 24.2 Å². The topological polar surface area (TPSA) is 79.3 Å². The van der Waals surface area contributed by atoms with Crippen LogP contribution in [0.2, 0.25) is 0 Å². The molecule has 1 heterocycles. The van der Waals surface area contributed by atoms with Crippen LogP contribution in [-0.2, 0) is 9.47 Å². The number of phenolic OH excluding ortho intramolecular Hbond substituents is 1. The van der Waals surface area contributed by atoms with Crippen molar-refractivity contribution in [3.8, 4) is 5.75 Å². The van der Waals surface area contributed by atoms with E-state index in [-0.39, 0.29) is 23.9 Å². The molecule has 1 aromatic carbocycles. The van der Waals surface area contributed by atoms with Crippen LogP contribution in [0.25, 0.3) is 0 Å². The van der Waals surface area contributed by atoms with Gasteiger partial charge in [0.2, 0.25) is 0 Å². The van der Waals surface area contributed by atoms with Crippen molar-refractivity contribution in [1.29, 1.82) is 0 Å². The summed E-state index contributed by atoms with van der Waals surface area (Å²) in [6, 6.07) is 6.30. The molecule has 0 spiro atoms. The zero-order chi connectivity index (χ0) is 20.0. The van der Waals surface area contributed by atoms with E-state index < -0.39 is 5.60 Å². The summed E-state index contributed by atoms with van der Waals surface area (Å²) in [4.78, 5) is 27.7. The summed E-state index contributed by atoms with van der Waals surface area (Å²) in [5.74, 6) is -0.0866. The van der Waals surface area contributed by atoms with Gasteiger partial charge in [0.1, 0.15) is 11.4 Å². The first-order valence-electron chi connectivity index (χ1n) is 9.30. The summed E-state index contributed by atoms with van der Waals surface area (Å²) >= 11 is 0. The summed E-state index contributed by atoms with van der Waals surface area (Å²) < 4.78 is 11.3. The van der Waals surface area contributed by atoms with E-state index in [1.165, 1.54) is 12.1 Å². The van der Waals surface area contributed by atoms with Gasteiger partial charge in [-0.2, -0.15) is 0 Å². The third kappa shape index (κ3) is 6.75. The second-order valence-corrected chi connectivity index (χ2v) is 7.81. The molecule has 0 saturated carbocycles. The molecule has 0 bridgehead atoms. The standard InChI is InChI=1S/C20H30N2O5/c1-20(2,3)27-19(25)22-10-8-17(9-11-22)26-13-12-21(4)18(24)15-6-5-7-16(23)14-15/h5-7,14,17,23H,8-13H2,1-4H3. The Balaban J connectivity index is 1.69. The summed E-state index contributed by atoms with van der Waals surface area (Å²) in [6.45, 7) is 7.67. The van der Waals surface area contributed by atoms with Gasteiger partial charge in [-0.1, -0.05) is 6.07 Å². The van der Waals surface area contributed by atoms with Gasteiger partial charge in [0.25, 0.3) is 5.91 Å². The third-order valence-corrected chi connectivity index (χ3v) is 4.31. The number of likely N-dealkylation sites (tertiary alicyclic amines) is 1. The van der Waals surface area contributed by atoms with E-state index in [4.69, 9.17) is 9.47 Å². The number of benzene rings is 1. The Kier molecular flexibility index (Phi) is 7.07. The quantitative estimate of drug-likeness (QED) is 0.852. The highest BCUT2D eigenvalue weighted by atomic mass is 16.6. The lowest BCUT2D eigenvalue weighted by molar-refractivity contribution is -0.0144. The van der Waals surface area contributed by atoms with Gasteiger partial charge >= 0.3 is 6.09 Å². The molecule has 1 aromatic rings. The minimum Gasteiger partial charge on any atom is -0.508 e. The van der Waals surface area contributed by atoms with Gasteiger partial charge in [0.15, 0.2) is 0 Å². The molecule has 0 unspecified atom stereocenters. The van der Waals surface area contributed by atoms with Crippen molar-refractivity contribution in [2.24, 2.45) is 0 Å². The number of ether oxygens (including phenoxy) is 2. The molecule has 150 valence electrons. The number of likely N-dealkylation sites (N-methyl/N-ethyl adjacent to an activating group) is 1. The molecule has 1 saturated heterocycles. The first-order chi connectivity index (χ1) is 12.7. The predicted molar refractivity (Wildman–Crippen MR) is 102 cm³/mol. The van der Waals surface area contributed by atoms with Crippen LogP contribution in [0, 0.1) is 0 Å². The molecule has 1 aliphatic rings. The largest absolute Gasteiger partial charge is 0.508 e. The van der Waals surface area contributed by atoms with Crippen molar-refractivity contribution in [2.45, 2.75) is 45.3 Å². The molecule has 1 fully saturated rings. The highest BCUT2D eigenvalue weighted by molar-refractivity contribution is 5.94. The van der Waals surface area contributed by atoms with Gasteiger partial charge in [-0.05, 0) is 51.8 Å². The molecule has 1 aliphatic heterocycles. The van der Waals surface area contributed by atoms with Crippen LogP contribution in [0.15, 0.2) is 24.3 Å². The second-order valence-electron chi connectivity index (χ2n) is 7.81. The number of carbonyl (C=O) groups is 2. The van der Waals surface area contributed by atoms with E-state index in [0.29, 0.717) is 31.8 Å². The van der Waals surface area contributed by atoms with Crippen molar-refractivity contribution in [1.82, 2.24) is 9.80 Å². The van der Waals surface area contributed by atoms with Crippen molar-refractivity contribution >= 4 is 12.0 Å². The first-order valence-corrected chi connectivity index (χ1v) is 9.30. The van der Waals surface area contributed by atoms with Crippen molar-refractivity contribution in [3.63, 3.8) is 0 Å². The number of carbonyl (C=O) groups excluding carboxylic acids is 2. The van der Waals surface area contributed by atoms with E-state index in [1.807, 2.05) is 20.8 Å². The lowest BCUT2D eigenvalue weighted by Crippen LogP contribution is -2.43. The molecule has 2 amide bonds. The summed E-state index contributed by atoms with van der Waals surface area (Å²) in [6.07, 6.45) is 1.30. The predicted octanol–water partition coefficient (Wildman–Crippen LogP) is 2.88. The number of piperidine rings is 1. The van der Waals surface area contributed by atoms with Crippen LogP contribution >= 0.6 is 0 Å². The molecule has 1 N–H and O–H groups in total. The fourth-order valence-corrected chi connectivity index (χ4v) is 2.85. The molecule has 7 nitrogen and oxygen atoms in total. The van der Waals surface area contributed by atoms with Crippen LogP contribution in [0.5, 0.6) is 5.75 Å². The fraction of sp³-hybridized carbons (Fsp3) is 0.600. The number of amides is 2. The van der Waals surface area contributed by atoms with Crippen LogP contribution in [0.1, 0.15) is 44.0 Å². The maximum absolute atomic E-state index is 12.3. The second kappa shape index (κ2) is 9.08. The Hall–Kier alpha value is -2.28.